The lowest BCUT2D eigenvalue weighted by Crippen LogP contribution is -2.73. The molecule has 0 bridgehead atoms. The number of nitrogens with two attached hydrogens (primary N) is 1. The molecule has 0 spiro atoms. The number of benzene rings is 4. The van der Waals surface area contributed by atoms with Crippen molar-refractivity contribution in [2.45, 2.75) is 23.0 Å². The summed E-state index contributed by atoms with van der Waals surface area (Å²) < 4.78 is 7.16. The summed E-state index contributed by atoms with van der Waals surface area (Å²) in [6.45, 7) is -1.15. The van der Waals surface area contributed by atoms with Gasteiger partial charge < -0.3 is 25.8 Å². The first-order valence-electron chi connectivity index (χ1n) is 15.7. The van der Waals surface area contributed by atoms with Gasteiger partial charge in [0.25, 0.3) is 5.72 Å². The van der Waals surface area contributed by atoms with Gasteiger partial charge in [-0.2, -0.15) is 0 Å². The monoisotopic (exact) mass is 683 g/mol. The first-order valence-corrected chi connectivity index (χ1v) is 15.7. The van der Waals surface area contributed by atoms with E-state index in [1.54, 1.807) is 36.4 Å². The van der Waals surface area contributed by atoms with Gasteiger partial charge in [0.15, 0.2) is 17.1 Å². The summed E-state index contributed by atoms with van der Waals surface area (Å²) in [7, 11) is 0. The van der Waals surface area contributed by atoms with Crippen LogP contribution in [0.5, 0.6) is 0 Å². The van der Waals surface area contributed by atoms with Gasteiger partial charge >= 0.3 is 0 Å². The summed E-state index contributed by atoms with van der Waals surface area (Å²) >= 11 is 0. The molecule has 7 rings (SSSR count). The van der Waals surface area contributed by atoms with E-state index in [1.165, 1.54) is 84.9 Å². The lowest BCUT2D eigenvalue weighted by atomic mass is 9.66. The summed E-state index contributed by atoms with van der Waals surface area (Å²) in [6, 6.07) is 29.9. The Morgan fingerprint density at radius 3 is 1.67 bits per heavy atom. The maximum Gasteiger partial charge on any atom is 0.253 e. The number of hydrogen-bond acceptors (Lipinski definition) is 12. The second-order valence-corrected chi connectivity index (χ2v) is 11.9. The van der Waals surface area contributed by atoms with Crippen LogP contribution in [-0.2, 0) is 10.5 Å². The van der Waals surface area contributed by atoms with Crippen molar-refractivity contribution in [1.29, 1.82) is 0 Å². The molecule has 5 N–H and O–H groups in total. The van der Waals surface area contributed by atoms with Crippen LogP contribution >= 0.6 is 0 Å². The summed E-state index contributed by atoms with van der Waals surface area (Å²) in [6.07, 6.45) is -1.12. The van der Waals surface area contributed by atoms with E-state index in [1.807, 2.05) is 0 Å². The number of carbonyl (C=O) groups is 4. The van der Waals surface area contributed by atoms with Crippen LogP contribution in [0.2, 0.25) is 0 Å². The molecule has 3 heterocycles. The standard InChI is InChI=1S/C38H29N5O8/c39-33-28-35(42-34(41-33)29(45)23-13-5-1-6-14-23)43(22-40-28)38(32(48)26-19-11-4-12-20-26)37(50,31(47)25-17-9-3-10-18-25)36(49,27(21-44)51-38)30(46)24-15-7-2-8-16-24/h1-20,22,27,44,49-50H,21H2,(H2,39,41,42)/t27-,36+,37-,38-/m1/s1. The quantitative estimate of drug-likeness (QED) is 0.154. The topological polar surface area (TPSA) is 208 Å². The highest BCUT2D eigenvalue weighted by Crippen LogP contribution is 2.55. The first kappa shape index (κ1) is 33.3. The van der Waals surface area contributed by atoms with Gasteiger partial charge in [-0.15, -0.1) is 0 Å². The molecule has 1 aliphatic rings. The number of rotatable bonds is 10. The summed E-state index contributed by atoms with van der Waals surface area (Å²) in [4.78, 5) is 71.1. The minimum atomic E-state index is -3.56. The van der Waals surface area contributed by atoms with E-state index in [0.717, 1.165) is 10.9 Å². The molecule has 4 aromatic carbocycles. The minimum absolute atomic E-state index is 0.130. The number of aliphatic hydroxyl groups excluding tert-OH is 1. The van der Waals surface area contributed by atoms with Crippen LogP contribution in [-0.4, -0.2) is 81.9 Å². The highest BCUT2D eigenvalue weighted by atomic mass is 16.6. The number of aliphatic hydroxyl groups is 3. The summed E-state index contributed by atoms with van der Waals surface area (Å²) in [5.41, 5.74) is -4.58. The van der Waals surface area contributed by atoms with Gasteiger partial charge in [0.1, 0.15) is 17.9 Å². The third-order valence-electron chi connectivity index (χ3n) is 9.08. The number of fused-ring (bicyclic) bond motifs is 1. The van der Waals surface area contributed by atoms with E-state index in [0.29, 0.717) is 0 Å². The van der Waals surface area contributed by atoms with Gasteiger partial charge in [-0.1, -0.05) is 121 Å². The number of imidazole rings is 1. The summed E-state index contributed by atoms with van der Waals surface area (Å²) in [5.74, 6) is -5.05. The van der Waals surface area contributed by atoms with Gasteiger partial charge in [0, 0.05) is 22.3 Å². The van der Waals surface area contributed by atoms with Crippen molar-refractivity contribution in [2.75, 3.05) is 12.3 Å². The highest BCUT2D eigenvalue weighted by molar-refractivity contribution is 6.18. The van der Waals surface area contributed by atoms with E-state index in [9.17, 15) is 29.7 Å². The Balaban J connectivity index is 1.59. The molecule has 13 nitrogen and oxygen atoms in total. The van der Waals surface area contributed by atoms with Crippen LogP contribution in [0.3, 0.4) is 0 Å². The average molecular weight is 684 g/mol. The average Bonchev–Trinajstić information content (AvgIpc) is 3.71. The molecule has 0 saturated carbocycles. The SMILES string of the molecule is Nc1nc(C(=O)c2ccccc2)nc2c1ncn2[C@]1(C(=O)c2ccccc2)O[C@H](CO)[C@](O)(C(=O)c2ccccc2)[C@]1(O)C(=O)c1ccccc1. The van der Waals surface area contributed by atoms with Gasteiger partial charge in [-0.25, -0.2) is 15.0 Å². The van der Waals surface area contributed by atoms with Crippen LogP contribution in [0.15, 0.2) is 128 Å². The lowest BCUT2D eigenvalue weighted by molar-refractivity contribution is -0.145. The fourth-order valence-electron chi connectivity index (χ4n) is 6.60. The van der Waals surface area contributed by atoms with Crippen LogP contribution < -0.4 is 5.73 Å². The molecular formula is C38H29N5O8. The van der Waals surface area contributed by atoms with Crippen molar-refractivity contribution in [2.24, 2.45) is 0 Å². The Hall–Kier alpha value is -6.25. The first-order chi connectivity index (χ1) is 24.6. The van der Waals surface area contributed by atoms with Crippen LogP contribution in [0.4, 0.5) is 5.82 Å². The second-order valence-electron chi connectivity index (χ2n) is 11.9. The zero-order valence-corrected chi connectivity index (χ0v) is 26.7. The molecule has 13 heteroatoms. The number of aromatic nitrogens is 4. The van der Waals surface area contributed by atoms with Crippen molar-refractivity contribution >= 4 is 40.1 Å². The Labute approximate surface area is 289 Å². The van der Waals surface area contributed by atoms with Crippen molar-refractivity contribution < 1.29 is 39.2 Å². The number of hydrogen-bond donors (Lipinski definition) is 4. The number of carbonyl (C=O) groups excluding carboxylic acids is 4. The molecule has 0 radical (unpaired) electrons. The van der Waals surface area contributed by atoms with Gasteiger partial charge in [-0.05, 0) is 0 Å². The molecule has 4 atom stereocenters. The smallest absolute Gasteiger partial charge is 0.253 e. The van der Waals surface area contributed by atoms with E-state index in [4.69, 9.17) is 10.5 Å². The molecule has 1 fully saturated rings. The molecule has 0 aliphatic carbocycles. The molecule has 254 valence electrons. The van der Waals surface area contributed by atoms with Crippen LogP contribution in [0.1, 0.15) is 47.3 Å². The predicted octanol–water partition coefficient (Wildman–Crippen LogP) is 2.79. The number of ether oxygens (including phenoxy) is 1. The molecule has 51 heavy (non-hydrogen) atoms. The summed E-state index contributed by atoms with van der Waals surface area (Å²) in [5, 5.41) is 36.8. The number of nitrogen functional groups attached to an aromatic ring is 1. The molecule has 0 amide bonds. The van der Waals surface area contributed by atoms with Gasteiger partial charge in [0.05, 0.1) is 6.61 Å². The number of ketones is 4. The van der Waals surface area contributed by atoms with E-state index >= 15 is 4.79 Å². The largest absolute Gasteiger partial charge is 0.394 e. The fourth-order valence-corrected chi connectivity index (χ4v) is 6.60. The van der Waals surface area contributed by atoms with Crippen LogP contribution in [0.25, 0.3) is 11.2 Å². The Morgan fingerprint density at radius 1 is 0.686 bits per heavy atom. The number of nitrogens with zero attached hydrogens (tertiary/aromatic N) is 4. The zero-order chi connectivity index (χ0) is 36.0. The van der Waals surface area contributed by atoms with E-state index < -0.39 is 58.6 Å². The van der Waals surface area contributed by atoms with E-state index in [2.05, 4.69) is 15.0 Å². The van der Waals surface area contributed by atoms with Crippen LogP contribution in [0, 0.1) is 0 Å². The Bertz CT molecular complexity index is 2300. The molecule has 1 saturated heterocycles. The van der Waals surface area contributed by atoms with Gasteiger partial charge in [0.2, 0.25) is 34.6 Å². The zero-order valence-electron chi connectivity index (χ0n) is 26.7. The molecule has 1 aliphatic heterocycles. The molecule has 2 aromatic heterocycles. The molecular weight excluding hydrogens is 654 g/mol. The number of anilines is 1. The second kappa shape index (κ2) is 12.6. The third-order valence-corrected chi connectivity index (χ3v) is 9.08. The Kier molecular flexibility index (Phi) is 8.20. The van der Waals surface area contributed by atoms with Crippen molar-refractivity contribution in [3.63, 3.8) is 0 Å². The highest BCUT2D eigenvalue weighted by Gasteiger charge is 2.83. The minimum Gasteiger partial charge on any atom is -0.394 e. The lowest BCUT2D eigenvalue weighted by Gasteiger charge is -2.43. The fraction of sp³-hybridized carbons (Fsp3) is 0.132. The van der Waals surface area contributed by atoms with Crippen molar-refractivity contribution in [1.82, 2.24) is 19.5 Å². The number of Topliss-reactive ketones (excluding diaryl/α,β-unsaturated/α-hetero) is 3. The van der Waals surface area contributed by atoms with Crippen molar-refractivity contribution in [3.8, 4) is 0 Å². The van der Waals surface area contributed by atoms with Gasteiger partial charge in [-0.3, -0.25) is 23.7 Å². The molecule has 6 aromatic rings. The maximum absolute atomic E-state index is 15.2. The predicted molar refractivity (Wildman–Crippen MR) is 182 cm³/mol. The molecule has 0 unspecified atom stereocenters. The normalized spacial score (nSPS) is 22.8. The van der Waals surface area contributed by atoms with E-state index in [-0.39, 0.29) is 39.2 Å². The third kappa shape index (κ3) is 4.82. The Morgan fingerprint density at radius 2 is 1.16 bits per heavy atom. The maximum atomic E-state index is 15.2. The van der Waals surface area contributed by atoms with Crippen molar-refractivity contribution in [3.05, 3.63) is 156 Å².